The Kier molecular flexibility index (Phi) is 9.80. The Hall–Kier alpha value is -0.160. The van der Waals surface area contributed by atoms with Gasteiger partial charge in [0.25, 0.3) is 0 Å². The van der Waals surface area contributed by atoms with Crippen molar-refractivity contribution >= 4 is 0 Å². The van der Waals surface area contributed by atoms with Crippen molar-refractivity contribution in [3.8, 4) is 0 Å². The number of hydrogen-bond donors (Lipinski definition) is 3. The molecular weight excluding hydrogens is 168 g/mol. The molecule has 0 bridgehead atoms. The average molecular weight is 190 g/mol. The quantitative estimate of drug-likeness (QED) is 0.432. The summed E-state index contributed by atoms with van der Waals surface area (Å²) in [5, 5.41) is 15.0. The van der Waals surface area contributed by atoms with Gasteiger partial charge in [-0.2, -0.15) is 0 Å². The highest BCUT2D eigenvalue weighted by Crippen LogP contribution is 1.87. The van der Waals surface area contributed by atoms with E-state index in [9.17, 15) is 0 Å². The van der Waals surface area contributed by atoms with E-state index in [1.165, 1.54) is 0 Å². The molecule has 1 atom stereocenters. The molecule has 1 unspecified atom stereocenters. The van der Waals surface area contributed by atoms with Gasteiger partial charge < -0.3 is 20.5 Å². The average Bonchev–Trinajstić information content (AvgIpc) is 2.14. The molecule has 4 nitrogen and oxygen atoms in total. The van der Waals surface area contributed by atoms with Crippen LogP contribution in [0.1, 0.15) is 13.3 Å². The van der Waals surface area contributed by atoms with Crippen molar-refractivity contribution in [1.29, 1.82) is 0 Å². The van der Waals surface area contributed by atoms with Gasteiger partial charge in [0.1, 0.15) is 0 Å². The summed E-state index contributed by atoms with van der Waals surface area (Å²) in [6.07, 6.45) is 1.07. The van der Waals surface area contributed by atoms with E-state index in [1.807, 2.05) is 0 Å². The van der Waals surface area contributed by atoms with Crippen LogP contribution in [0, 0.1) is 0 Å². The first kappa shape index (κ1) is 12.8. The van der Waals surface area contributed by atoms with Gasteiger partial charge in [0.15, 0.2) is 0 Å². The number of nitrogens with one attached hydrogen (secondary N) is 2. The van der Waals surface area contributed by atoms with Crippen molar-refractivity contribution in [2.24, 2.45) is 0 Å². The highest BCUT2D eigenvalue weighted by Gasteiger charge is 1.98. The lowest BCUT2D eigenvalue weighted by Crippen LogP contribution is -2.32. The maximum atomic E-state index is 8.56. The molecule has 0 saturated heterocycles. The third kappa shape index (κ3) is 9.76. The van der Waals surface area contributed by atoms with Crippen molar-refractivity contribution in [2.45, 2.75) is 19.4 Å². The monoisotopic (exact) mass is 190 g/mol. The SMILES string of the molecule is COCCNCCC(C)NCCO. The van der Waals surface area contributed by atoms with Crippen LogP contribution in [0.25, 0.3) is 0 Å². The zero-order chi connectivity index (χ0) is 9.94. The maximum absolute atomic E-state index is 8.56. The highest BCUT2D eigenvalue weighted by molar-refractivity contribution is 4.61. The first-order valence-corrected chi connectivity index (χ1v) is 4.85. The first-order chi connectivity index (χ1) is 6.31. The van der Waals surface area contributed by atoms with Crippen LogP contribution < -0.4 is 10.6 Å². The smallest absolute Gasteiger partial charge is 0.0587 e. The molecular formula is C9H22N2O2. The van der Waals surface area contributed by atoms with Gasteiger partial charge in [0.05, 0.1) is 13.2 Å². The number of ether oxygens (including phenoxy) is 1. The summed E-state index contributed by atoms with van der Waals surface area (Å²) >= 11 is 0. The molecule has 0 heterocycles. The molecule has 0 rings (SSSR count). The van der Waals surface area contributed by atoms with Gasteiger partial charge in [0.2, 0.25) is 0 Å². The van der Waals surface area contributed by atoms with E-state index >= 15 is 0 Å². The summed E-state index contributed by atoms with van der Waals surface area (Å²) in [5.41, 5.74) is 0. The zero-order valence-electron chi connectivity index (χ0n) is 8.68. The summed E-state index contributed by atoms with van der Waals surface area (Å²) < 4.78 is 4.90. The number of hydrogen-bond acceptors (Lipinski definition) is 4. The van der Waals surface area contributed by atoms with E-state index in [4.69, 9.17) is 9.84 Å². The lowest BCUT2D eigenvalue weighted by molar-refractivity contribution is 0.199. The Balaban J connectivity index is 3.03. The van der Waals surface area contributed by atoms with Crippen molar-refractivity contribution in [3.63, 3.8) is 0 Å². The van der Waals surface area contributed by atoms with E-state index in [1.54, 1.807) is 7.11 Å². The fraction of sp³-hybridized carbons (Fsp3) is 1.00. The Morgan fingerprint density at radius 3 is 2.69 bits per heavy atom. The molecule has 0 aromatic rings. The Morgan fingerprint density at radius 2 is 2.08 bits per heavy atom. The molecule has 0 saturated carbocycles. The number of rotatable bonds is 9. The molecule has 0 spiro atoms. The van der Waals surface area contributed by atoms with Crippen LogP contribution >= 0.6 is 0 Å². The molecule has 13 heavy (non-hydrogen) atoms. The van der Waals surface area contributed by atoms with E-state index in [0.717, 1.165) is 26.1 Å². The predicted molar refractivity (Wildman–Crippen MR) is 53.9 cm³/mol. The fourth-order valence-electron chi connectivity index (χ4n) is 1.03. The van der Waals surface area contributed by atoms with Gasteiger partial charge in [-0.15, -0.1) is 0 Å². The van der Waals surface area contributed by atoms with Gasteiger partial charge in [-0.25, -0.2) is 0 Å². The minimum Gasteiger partial charge on any atom is -0.395 e. The van der Waals surface area contributed by atoms with Gasteiger partial charge in [0, 0.05) is 26.2 Å². The normalized spacial score (nSPS) is 13.2. The number of methoxy groups -OCH3 is 1. The summed E-state index contributed by atoms with van der Waals surface area (Å²) in [6, 6.07) is 0.460. The van der Waals surface area contributed by atoms with Crippen molar-refractivity contribution in [2.75, 3.05) is 40.0 Å². The van der Waals surface area contributed by atoms with Gasteiger partial charge >= 0.3 is 0 Å². The molecule has 0 radical (unpaired) electrons. The lowest BCUT2D eigenvalue weighted by atomic mass is 10.2. The molecule has 80 valence electrons. The summed E-state index contributed by atoms with van der Waals surface area (Å²) in [5.74, 6) is 0. The van der Waals surface area contributed by atoms with Crippen LogP contribution in [0.4, 0.5) is 0 Å². The predicted octanol–water partition coefficient (Wildman–Crippen LogP) is -0.417. The molecule has 0 aliphatic rings. The summed E-state index contributed by atoms with van der Waals surface area (Å²) in [7, 11) is 1.70. The molecule has 0 aliphatic heterocycles. The van der Waals surface area contributed by atoms with Crippen molar-refractivity contribution in [3.05, 3.63) is 0 Å². The molecule has 4 heteroatoms. The zero-order valence-corrected chi connectivity index (χ0v) is 8.68. The third-order valence-electron chi connectivity index (χ3n) is 1.84. The van der Waals surface area contributed by atoms with E-state index in [-0.39, 0.29) is 6.61 Å². The Morgan fingerprint density at radius 1 is 1.31 bits per heavy atom. The maximum Gasteiger partial charge on any atom is 0.0587 e. The van der Waals surface area contributed by atoms with Gasteiger partial charge in [-0.05, 0) is 19.9 Å². The topological polar surface area (TPSA) is 53.5 Å². The van der Waals surface area contributed by atoms with Gasteiger partial charge in [-0.1, -0.05) is 0 Å². The Labute approximate surface area is 80.7 Å². The number of aliphatic hydroxyl groups is 1. The van der Waals surface area contributed by atoms with E-state index < -0.39 is 0 Å². The molecule has 0 aliphatic carbocycles. The van der Waals surface area contributed by atoms with E-state index in [2.05, 4.69) is 17.6 Å². The lowest BCUT2D eigenvalue weighted by Gasteiger charge is -2.12. The van der Waals surface area contributed by atoms with Crippen molar-refractivity contribution < 1.29 is 9.84 Å². The second-order valence-electron chi connectivity index (χ2n) is 3.11. The Bertz CT molecular complexity index is 102. The van der Waals surface area contributed by atoms with E-state index in [0.29, 0.717) is 12.6 Å². The second-order valence-corrected chi connectivity index (χ2v) is 3.11. The van der Waals surface area contributed by atoms with Crippen LogP contribution in [0.15, 0.2) is 0 Å². The fourth-order valence-corrected chi connectivity index (χ4v) is 1.03. The number of aliphatic hydroxyl groups excluding tert-OH is 1. The molecule has 3 N–H and O–H groups in total. The minimum absolute atomic E-state index is 0.210. The van der Waals surface area contributed by atoms with Crippen LogP contribution in [-0.2, 0) is 4.74 Å². The third-order valence-corrected chi connectivity index (χ3v) is 1.84. The minimum atomic E-state index is 0.210. The molecule has 0 aromatic heterocycles. The molecule has 0 amide bonds. The van der Waals surface area contributed by atoms with Crippen LogP contribution in [-0.4, -0.2) is 51.1 Å². The van der Waals surface area contributed by atoms with Gasteiger partial charge in [-0.3, -0.25) is 0 Å². The standard InChI is InChI=1S/C9H22N2O2/c1-9(11-5-7-12)3-4-10-6-8-13-2/h9-12H,3-8H2,1-2H3. The largest absolute Gasteiger partial charge is 0.395 e. The van der Waals surface area contributed by atoms with Crippen molar-refractivity contribution in [1.82, 2.24) is 10.6 Å². The summed E-state index contributed by atoms with van der Waals surface area (Å²) in [6.45, 7) is 5.67. The highest BCUT2D eigenvalue weighted by atomic mass is 16.5. The van der Waals surface area contributed by atoms with Crippen LogP contribution in [0.5, 0.6) is 0 Å². The molecule has 0 fully saturated rings. The summed E-state index contributed by atoms with van der Waals surface area (Å²) in [4.78, 5) is 0. The molecule has 0 aromatic carbocycles. The first-order valence-electron chi connectivity index (χ1n) is 4.85. The van der Waals surface area contributed by atoms with Crippen LogP contribution in [0.2, 0.25) is 0 Å². The second kappa shape index (κ2) is 9.92. The van der Waals surface area contributed by atoms with Crippen LogP contribution in [0.3, 0.4) is 0 Å².